The molecule has 98 valence electrons. The average Bonchev–Trinajstić information content (AvgIpc) is 2.28. The molecule has 0 aromatic rings. The van der Waals surface area contributed by atoms with Crippen molar-refractivity contribution >= 4 is 6.03 Å². The molecule has 17 heavy (non-hydrogen) atoms. The van der Waals surface area contributed by atoms with Gasteiger partial charge in [-0.1, -0.05) is 20.8 Å². The minimum Gasteiger partial charge on any atom is -0.325 e. The summed E-state index contributed by atoms with van der Waals surface area (Å²) in [5.41, 5.74) is 0.423. The summed E-state index contributed by atoms with van der Waals surface area (Å²) in [7, 11) is 0. The maximum Gasteiger partial charge on any atom is 0.320 e. The quantitative estimate of drug-likeness (QED) is 0.636. The smallest absolute Gasteiger partial charge is 0.320 e. The van der Waals surface area contributed by atoms with Crippen molar-refractivity contribution in [3.05, 3.63) is 0 Å². The lowest BCUT2D eigenvalue weighted by Gasteiger charge is -2.41. The minimum atomic E-state index is 0.284. The molecule has 0 radical (unpaired) electrons. The standard InChI is InChI=1S/C14H26N2O/c1-12-5-4-8-16(11-12)13(17)15-9-6-14(2,3)7-10-15/h12H,4-11H2,1-3H3. The Morgan fingerprint density at radius 3 is 2.35 bits per heavy atom. The van der Waals surface area contributed by atoms with Gasteiger partial charge < -0.3 is 9.80 Å². The van der Waals surface area contributed by atoms with Crippen LogP contribution in [0.25, 0.3) is 0 Å². The molecule has 0 bridgehead atoms. The van der Waals surface area contributed by atoms with E-state index in [1.807, 2.05) is 0 Å². The first-order valence-corrected chi connectivity index (χ1v) is 7.02. The fourth-order valence-corrected chi connectivity index (χ4v) is 2.87. The number of hydrogen-bond acceptors (Lipinski definition) is 1. The van der Waals surface area contributed by atoms with E-state index in [0.717, 1.165) is 39.0 Å². The molecule has 2 rings (SSSR count). The molecule has 2 amide bonds. The van der Waals surface area contributed by atoms with E-state index in [0.29, 0.717) is 11.3 Å². The van der Waals surface area contributed by atoms with Gasteiger partial charge in [0.25, 0.3) is 0 Å². The highest BCUT2D eigenvalue weighted by atomic mass is 16.2. The third-order valence-corrected chi connectivity index (χ3v) is 4.32. The lowest BCUT2D eigenvalue weighted by Crippen LogP contribution is -2.50. The third-order valence-electron chi connectivity index (χ3n) is 4.32. The van der Waals surface area contributed by atoms with Crippen molar-refractivity contribution in [3.63, 3.8) is 0 Å². The van der Waals surface area contributed by atoms with Crippen LogP contribution >= 0.6 is 0 Å². The number of hydrogen-bond donors (Lipinski definition) is 0. The highest BCUT2D eigenvalue weighted by Crippen LogP contribution is 2.30. The van der Waals surface area contributed by atoms with E-state index in [2.05, 4.69) is 30.6 Å². The number of likely N-dealkylation sites (tertiary alicyclic amines) is 2. The van der Waals surface area contributed by atoms with Crippen LogP contribution in [0.2, 0.25) is 0 Å². The zero-order valence-corrected chi connectivity index (χ0v) is 11.5. The molecular weight excluding hydrogens is 212 g/mol. The normalized spacial score (nSPS) is 29.2. The molecule has 2 saturated heterocycles. The van der Waals surface area contributed by atoms with Crippen LogP contribution in [0.1, 0.15) is 46.5 Å². The van der Waals surface area contributed by atoms with Crippen LogP contribution in [-0.4, -0.2) is 42.0 Å². The Kier molecular flexibility index (Phi) is 3.64. The lowest BCUT2D eigenvalue weighted by molar-refractivity contribution is 0.0993. The molecule has 0 saturated carbocycles. The van der Waals surface area contributed by atoms with Crippen LogP contribution < -0.4 is 0 Å². The van der Waals surface area contributed by atoms with Gasteiger partial charge in [0.05, 0.1) is 0 Å². The Morgan fingerprint density at radius 1 is 1.12 bits per heavy atom. The molecule has 3 heteroatoms. The van der Waals surface area contributed by atoms with E-state index in [1.165, 1.54) is 12.8 Å². The first-order chi connectivity index (χ1) is 7.98. The van der Waals surface area contributed by atoms with Gasteiger partial charge in [0.15, 0.2) is 0 Å². The summed E-state index contributed by atoms with van der Waals surface area (Å²) in [6.45, 7) is 10.7. The van der Waals surface area contributed by atoms with Crippen LogP contribution in [0.5, 0.6) is 0 Å². The average molecular weight is 238 g/mol. The molecule has 0 spiro atoms. The summed E-state index contributed by atoms with van der Waals surface area (Å²) < 4.78 is 0. The molecular formula is C14H26N2O. The van der Waals surface area contributed by atoms with Gasteiger partial charge in [0, 0.05) is 26.2 Å². The molecule has 2 aliphatic rings. The Hall–Kier alpha value is -0.730. The monoisotopic (exact) mass is 238 g/mol. The van der Waals surface area contributed by atoms with Gasteiger partial charge >= 0.3 is 6.03 Å². The third kappa shape index (κ3) is 3.14. The van der Waals surface area contributed by atoms with Gasteiger partial charge in [-0.3, -0.25) is 0 Å². The van der Waals surface area contributed by atoms with Crippen LogP contribution in [0, 0.1) is 11.3 Å². The summed E-state index contributed by atoms with van der Waals surface area (Å²) in [6.07, 6.45) is 4.73. The van der Waals surface area contributed by atoms with Gasteiger partial charge in [0.1, 0.15) is 0 Å². The molecule has 0 N–H and O–H groups in total. The van der Waals surface area contributed by atoms with E-state index >= 15 is 0 Å². The van der Waals surface area contributed by atoms with E-state index in [4.69, 9.17) is 0 Å². The van der Waals surface area contributed by atoms with Crippen LogP contribution in [0.15, 0.2) is 0 Å². The summed E-state index contributed by atoms with van der Waals surface area (Å²) in [5, 5.41) is 0. The summed E-state index contributed by atoms with van der Waals surface area (Å²) in [4.78, 5) is 16.5. The van der Waals surface area contributed by atoms with E-state index in [1.54, 1.807) is 0 Å². The van der Waals surface area contributed by atoms with Crippen molar-refractivity contribution in [1.82, 2.24) is 9.80 Å². The maximum absolute atomic E-state index is 12.4. The highest BCUT2D eigenvalue weighted by molar-refractivity contribution is 5.74. The van der Waals surface area contributed by atoms with Gasteiger partial charge in [-0.05, 0) is 37.0 Å². The molecule has 0 aromatic heterocycles. The maximum atomic E-state index is 12.4. The van der Waals surface area contributed by atoms with Crippen molar-refractivity contribution in [2.75, 3.05) is 26.2 Å². The highest BCUT2D eigenvalue weighted by Gasteiger charge is 2.31. The van der Waals surface area contributed by atoms with Crippen molar-refractivity contribution in [2.45, 2.75) is 46.5 Å². The molecule has 0 aliphatic carbocycles. The molecule has 2 fully saturated rings. The van der Waals surface area contributed by atoms with E-state index < -0.39 is 0 Å². The van der Waals surface area contributed by atoms with Gasteiger partial charge in [-0.2, -0.15) is 0 Å². The number of nitrogens with zero attached hydrogens (tertiary/aromatic N) is 2. The first kappa shape index (κ1) is 12.7. The van der Waals surface area contributed by atoms with Crippen molar-refractivity contribution in [3.8, 4) is 0 Å². The SMILES string of the molecule is CC1CCCN(C(=O)N2CCC(C)(C)CC2)C1. The van der Waals surface area contributed by atoms with E-state index in [-0.39, 0.29) is 6.03 Å². The zero-order valence-electron chi connectivity index (χ0n) is 11.5. The second-order valence-corrected chi connectivity index (χ2v) is 6.63. The molecule has 0 aromatic carbocycles. The molecule has 1 unspecified atom stereocenters. The second kappa shape index (κ2) is 4.87. The van der Waals surface area contributed by atoms with Crippen molar-refractivity contribution in [2.24, 2.45) is 11.3 Å². The van der Waals surface area contributed by atoms with Crippen molar-refractivity contribution < 1.29 is 4.79 Å². The summed E-state index contributed by atoms with van der Waals surface area (Å²) >= 11 is 0. The minimum absolute atomic E-state index is 0.284. The number of carbonyl (C=O) groups excluding carboxylic acids is 1. The van der Waals surface area contributed by atoms with E-state index in [9.17, 15) is 4.79 Å². The number of carbonyl (C=O) groups is 1. The number of amides is 2. The Bertz CT molecular complexity index is 278. The van der Waals surface area contributed by atoms with Crippen LogP contribution in [0.4, 0.5) is 4.79 Å². The second-order valence-electron chi connectivity index (χ2n) is 6.63. The Labute approximate surface area is 105 Å². The predicted octanol–water partition coefficient (Wildman–Crippen LogP) is 2.96. The molecule has 3 nitrogen and oxygen atoms in total. The Morgan fingerprint density at radius 2 is 1.76 bits per heavy atom. The summed E-state index contributed by atoms with van der Waals surface area (Å²) in [5.74, 6) is 0.675. The van der Waals surface area contributed by atoms with Gasteiger partial charge in [-0.25, -0.2) is 4.79 Å². The fraction of sp³-hybridized carbons (Fsp3) is 0.929. The molecule has 1 atom stereocenters. The fourth-order valence-electron chi connectivity index (χ4n) is 2.87. The number of urea groups is 1. The molecule has 2 heterocycles. The van der Waals surface area contributed by atoms with Crippen LogP contribution in [-0.2, 0) is 0 Å². The number of rotatable bonds is 0. The zero-order chi connectivity index (χ0) is 12.5. The lowest BCUT2D eigenvalue weighted by atomic mass is 9.83. The van der Waals surface area contributed by atoms with Crippen molar-refractivity contribution in [1.29, 1.82) is 0 Å². The van der Waals surface area contributed by atoms with Gasteiger partial charge in [-0.15, -0.1) is 0 Å². The topological polar surface area (TPSA) is 23.6 Å². The van der Waals surface area contributed by atoms with Gasteiger partial charge in [0.2, 0.25) is 0 Å². The molecule has 2 aliphatic heterocycles. The first-order valence-electron chi connectivity index (χ1n) is 7.02. The largest absolute Gasteiger partial charge is 0.325 e. The number of piperidine rings is 2. The summed E-state index contributed by atoms with van der Waals surface area (Å²) in [6, 6.07) is 0.284. The predicted molar refractivity (Wildman–Crippen MR) is 70.0 cm³/mol. The Balaban J connectivity index is 1.88. The van der Waals surface area contributed by atoms with Crippen LogP contribution in [0.3, 0.4) is 0 Å².